The minimum Gasteiger partial charge on any atom is -0.492 e. The summed E-state index contributed by atoms with van der Waals surface area (Å²) < 4.78 is 5.74. The van der Waals surface area contributed by atoms with Crippen LogP contribution in [0.25, 0.3) is 0 Å². The lowest BCUT2D eigenvalue weighted by molar-refractivity contribution is 0.272. The predicted molar refractivity (Wildman–Crippen MR) is 78.9 cm³/mol. The van der Waals surface area contributed by atoms with Crippen molar-refractivity contribution in [1.29, 1.82) is 0 Å². The summed E-state index contributed by atoms with van der Waals surface area (Å²) in [4.78, 5) is 0. The molecule has 106 valence electrons. The third kappa shape index (κ3) is 3.02. The lowest BCUT2D eigenvalue weighted by Gasteiger charge is -2.14. The van der Waals surface area contributed by atoms with E-state index >= 15 is 0 Å². The summed E-state index contributed by atoms with van der Waals surface area (Å²) in [6.07, 6.45) is 3.57. The number of ether oxygens (including phenoxy) is 1. The van der Waals surface area contributed by atoms with Gasteiger partial charge in [0.2, 0.25) is 0 Å². The summed E-state index contributed by atoms with van der Waals surface area (Å²) >= 11 is 0. The first-order valence-corrected chi connectivity index (χ1v) is 7.29. The molecule has 0 amide bonds. The van der Waals surface area contributed by atoms with Crippen molar-refractivity contribution < 1.29 is 4.74 Å². The Labute approximate surface area is 119 Å². The van der Waals surface area contributed by atoms with E-state index in [4.69, 9.17) is 4.74 Å². The number of rotatable bonds is 6. The molecule has 1 atom stereocenters. The van der Waals surface area contributed by atoms with Gasteiger partial charge < -0.3 is 10.1 Å². The molecule has 0 fully saturated rings. The topological polar surface area (TPSA) is 49.9 Å². The lowest BCUT2D eigenvalue weighted by Crippen LogP contribution is -2.31. The zero-order valence-electron chi connectivity index (χ0n) is 11.9. The monoisotopic (exact) mass is 271 g/mol. The minimum atomic E-state index is 0.295. The number of para-hydroxylation sites is 1. The largest absolute Gasteiger partial charge is 0.492 e. The van der Waals surface area contributed by atoms with E-state index in [0.29, 0.717) is 12.6 Å². The van der Waals surface area contributed by atoms with Crippen LogP contribution < -0.4 is 10.1 Å². The zero-order valence-corrected chi connectivity index (χ0v) is 11.9. The summed E-state index contributed by atoms with van der Waals surface area (Å²) in [5, 5.41) is 11.0. The highest BCUT2D eigenvalue weighted by Gasteiger charge is 2.18. The third-order valence-electron chi connectivity index (χ3n) is 3.75. The highest BCUT2D eigenvalue weighted by Crippen LogP contribution is 2.22. The van der Waals surface area contributed by atoms with Crippen LogP contribution in [0.4, 0.5) is 0 Å². The summed E-state index contributed by atoms with van der Waals surface area (Å²) in [5.74, 6) is 0.918. The molecule has 20 heavy (non-hydrogen) atoms. The van der Waals surface area contributed by atoms with Crippen molar-refractivity contribution in [1.82, 2.24) is 15.5 Å². The summed E-state index contributed by atoms with van der Waals surface area (Å²) in [6.45, 7) is 3.61. The molecule has 0 bridgehead atoms. The van der Waals surface area contributed by atoms with Crippen molar-refractivity contribution in [2.45, 2.75) is 38.8 Å². The Balaban J connectivity index is 1.46. The van der Waals surface area contributed by atoms with E-state index in [-0.39, 0.29) is 0 Å². The van der Waals surface area contributed by atoms with Crippen molar-refractivity contribution >= 4 is 0 Å². The second-order valence-corrected chi connectivity index (χ2v) is 5.39. The average Bonchev–Trinajstić information content (AvgIpc) is 3.07. The van der Waals surface area contributed by atoms with Crippen LogP contribution in [-0.4, -0.2) is 22.8 Å². The number of aromatic nitrogens is 2. The van der Waals surface area contributed by atoms with Gasteiger partial charge in [0.15, 0.2) is 0 Å². The van der Waals surface area contributed by atoms with E-state index in [9.17, 15) is 0 Å². The first-order chi connectivity index (χ1) is 9.83. The third-order valence-corrected chi connectivity index (χ3v) is 3.75. The fourth-order valence-corrected chi connectivity index (χ4v) is 2.60. The van der Waals surface area contributed by atoms with Crippen LogP contribution in [0.3, 0.4) is 0 Å². The molecule has 0 saturated carbocycles. The van der Waals surface area contributed by atoms with Gasteiger partial charge in [-0.1, -0.05) is 18.2 Å². The Morgan fingerprint density at radius 2 is 2.15 bits per heavy atom. The summed E-state index contributed by atoms with van der Waals surface area (Å²) in [5.41, 5.74) is 3.92. The number of benzene rings is 1. The number of aryl methyl sites for hydroxylation is 1. The predicted octanol–water partition coefficient (Wildman–Crippen LogP) is 2.46. The smallest absolute Gasteiger partial charge is 0.119 e. The Morgan fingerprint density at radius 3 is 3.00 bits per heavy atom. The summed E-state index contributed by atoms with van der Waals surface area (Å²) in [6, 6.07) is 10.2. The molecule has 4 nitrogen and oxygen atoms in total. The molecule has 0 aliphatic heterocycles. The zero-order chi connectivity index (χ0) is 13.8. The first kappa shape index (κ1) is 13.2. The molecular formula is C16H21N3O. The molecular weight excluding hydrogens is 250 g/mol. The number of H-pyrrole nitrogens is 1. The van der Waals surface area contributed by atoms with Crippen molar-refractivity contribution in [2.24, 2.45) is 0 Å². The maximum absolute atomic E-state index is 5.74. The van der Waals surface area contributed by atoms with Crippen molar-refractivity contribution in [3.05, 3.63) is 47.3 Å². The number of nitrogens with one attached hydrogen (secondary N) is 2. The van der Waals surface area contributed by atoms with Crippen LogP contribution in [0.2, 0.25) is 0 Å². The highest BCUT2D eigenvalue weighted by atomic mass is 16.5. The normalized spacial score (nSPS) is 15.1. The minimum absolute atomic E-state index is 0.295. The second kappa shape index (κ2) is 6.09. The lowest BCUT2D eigenvalue weighted by atomic mass is 10.2. The molecule has 0 unspecified atom stereocenters. The maximum atomic E-state index is 5.74. The fourth-order valence-electron chi connectivity index (χ4n) is 2.60. The summed E-state index contributed by atoms with van der Waals surface area (Å²) in [7, 11) is 0. The Morgan fingerprint density at radius 1 is 1.30 bits per heavy atom. The van der Waals surface area contributed by atoms with E-state index < -0.39 is 0 Å². The van der Waals surface area contributed by atoms with Crippen LogP contribution in [0, 0.1) is 0 Å². The van der Waals surface area contributed by atoms with Crippen LogP contribution in [-0.2, 0) is 19.4 Å². The molecule has 3 rings (SSSR count). The van der Waals surface area contributed by atoms with Gasteiger partial charge in [-0.05, 0) is 43.9 Å². The van der Waals surface area contributed by atoms with Crippen LogP contribution in [0.15, 0.2) is 30.3 Å². The molecule has 0 saturated heterocycles. The van der Waals surface area contributed by atoms with E-state index in [0.717, 1.165) is 25.1 Å². The van der Waals surface area contributed by atoms with Gasteiger partial charge in [0.25, 0.3) is 0 Å². The van der Waals surface area contributed by atoms with Crippen molar-refractivity contribution in [2.75, 3.05) is 6.61 Å². The van der Waals surface area contributed by atoms with Gasteiger partial charge in [-0.2, -0.15) is 5.10 Å². The average molecular weight is 271 g/mol. The standard InChI is InChI=1S/C16H21N3O/c1-12(11-20-13-6-3-2-4-7-13)17-10-16-14-8-5-9-15(14)18-19-16/h2-4,6-7,12,17H,5,8-11H2,1H3,(H,18,19)/t12-/m1/s1. The molecule has 0 spiro atoms. The van der Waals surface area contributed by atoms with Gasteiger partial charge in [-0.25, -0.2) is 0 Å². The van der Waals surface area contributed by atoms with Crippen LogP contribution >= 0.6 is 0 Å². The van der Waals surface area contributed by atoms with E-state index in [1.54, 1.807) is 0 Å². The molecule has 2 aromatic rings. The molecule has 1 aliphatic carbocycles. The molecule has 1 aliphatic rings. The van der Waals surface area contributed by atoms with Crippen LogP contribution in [0.1, 0.15) is 30.3 Å². The molecule has 1 heterocycles. The number of fused-ring (bicyclic) bond motifs is 1. The number of hydrogen-bond acceptors (Lipinski definition) is 3. The van der Waals surface area contributed by atoms with E-state index in [1.807, 2.05) is 30.3 Å². The molecule has 1 aromatic heterocycles. The van der Waals surface area contributed by atoms with E-state index in [1.165, 1.54) is 23.4 Å². The van der Waals surface area contributed by atoms with Gasteiger partial charge >= 0.3 is 0 Å². The molecule has 1 aromatic carbocycles. The van der Waals surface area contributed by atoms with Crippen LogP contribution in [0.5, 0.6) is 5.75 Å². The van der Waals surface area contributed by atoms with E-state index in [2.05, 4.69) is 22.4 Å². The number of hydrogen-bond donors (Lipinski definition) is 2. The fraction of sp³-hybridized carbons (Fsp3) is 0.438. The van der Waals surface area contributed by atoms with Gasteiger partial charge in [-0.15, -0.1) is 0 Å². The Kier molecular flexibility index (Phi) is 4.02. The van der Waals surface area contributed by atoms with Gasteiger partial charge in [0.1, 0.15) is 12.4 Å². The quantitative estimate of drug-likeness (QED) is 0.848. The first-order valence-electron chi connectivity index (χ1n) is 7.29. The number of aromatic amines is 1. The van der Waals surface area contributed by atoms with Gasteiger partial charge in [0, 0.05) is 18.3 Å². The maximum Gasteiger partial charge on any atom is 0.119 e. The molecule has 0 radical (unpaired) electrons. The number of nitrogens with zero attached hydrogens (tertiary/aromatic N) is 1. The van der Waals surface area contributed by atoms with Crippen molar-refractivity contribution in [3.63, 3.8) is 0 Å². The van der Waals surface area contributed by atoms with Gasteiger partial charge in [0.05, 0.1) is 5.69 Å². The van der Waals surface area contributed by atoms with Gasteiger partial charge in [-0.3, -0.25) is 5.10 Å². The Bertz CT molecular complexity index is 550. The molecule has 4 heteroatoms. The SMILES string of the molecule is C[C@H](COc1ccccc1)NCc1n[nH]c2c1CCC2. The Hall–Kier alpha value is -1.81. The van der Waals surface area contributed by atoms with Crippen molar-refractivity contribution in [3.8, 4) is 5.75 Å². The highest BCUT2D eigenvalue weighted by molar-refractivity contribution is 5.29. The second-order valence-electron chi connectivity index (χ2n) is 5.39. The molecule has 2 N–H and O–H groups in total.